The largest absolute Gasteiger partial charge is 0.488 e. The Morgan fingerprint density at radius 1 is 1.32 bits per heavy atom. The third-order valence-corrected chi connectivity index (χ3v) is 2.97. The molecule has 1 aromatic rings. The average Bonchev–Trinajstić information content (AvgIpc) is 2.37. The number of benzene rings is 1. The summed E-state index contributed by atoms with van der Waals surface area (Å²) in [5.74, 6) is 0.616. The number of ether oxygens (including phenoxy) is 2. The van der Waals surface area contributed by atoms with E-state index < -0.39 is 0 Å². The first-order valence-electron chi connectivity index (χ1n) is 5.74. The molecule has 0 unspecified atom stereocenters. The fourth-order valence-electron chi connectivity index (χ4n) is 1.47. The van der Waals surface area contributed by atoms with E-state index in [0.717, 1.165) is 12.1 Å². The quantitative estimate of drug-likeness (QED) is 0.737. The SMILES string of the molecule is COCCNCc1cc(Cl)cc(Cl)c1OCC=CCl. The summed E-state index contributed by atoms with van der Waals surface area (Å²) < 4.78 is 10.6. The molecular weight excluding hydrogens is 309 g/mol. The van der Waals surface area contributed by atoms with Crippen molar-refractivity contribution in [2.24, 2.45) is 0 Å². The van der Waals surface area contributed by atoms with Crippen LogP contribution in [0.4, 0.5) is 0 Å². The normalized spacial score (nSPS) is 11.2. The summed E-state index contributed by atoms with van der Waals surface area (Å²) in [6, 6.07) is 3.48. The zero-order valence-corrected chi connectivity index (χ0v) is 12.9. The monoisotopic (exact) mass is 323 g/mol. The van der Waals surface area contributed by atoms with Crippen LogP contribution in [0.2, 0.25) is 10.0 Å². The van der Waals surface area contributed by atoms with Gasteiger partial charge in [0.05, 0.1) is 11.6 Å². The molecular formula is C13H16Cl3NO2. The van der Waals surface area contributed by atoms with Gasteiger partial charge in [-0.05, 0) is 18.2 Å². The van der Waals surface area contributed by atoms with Crippen molar-refractivity contribution in [2.75, 3.05) is 26.9 Å². The number of nitrogens with one attached hydrogen (secondary N) is 1. The molecule has 0 aromatic heterocycles. The molecule has 1 rings (SSSR count). The van der Waals surface area contributed by atoms with Crippen LogP contribution in [0, 0.1) is 0 Å². The van der Waals surface area contributed by atoms with E-state index in [9.17, 15) is 0 Å². The minimum atomic E-state index is 0.357. The van der Waals surface area contributed by atoms with Crippen LogP contribution in [0.25, 0.3) is 0 Å². The molecule has 0 saturated heterocycles. The van der Waals surface area contributed by atoms with Crippen molar-refractivity contribution < 1.29 is 9.47 Å². The molecule has 6 heteroatoms. The molecule has 0 heterocycles. The lowest BCUT2D eigenvalue weighted by Crippen LogP contribution is -2.19. The van der Waals surface area contributed by atoms with Gasteiger partial charge in [0.2, 0.25) is 0 Å². The maximum Gasteiger partial charge on any atom is 0.142 e. The van der Waals surface area contributed by atoms with E-state index in [-0.39, 0.29) is 0 Å². The molecule has 1 N–H and O–H groups in total. The zero-order valence-electron chi connectivity index (χ0n) is 10.6. The fourth-order valence-corrected chi connectivity index (χ4v) is 2.13. The number of rotatable bonds is 8. The molecule has 3 nitrogen and oxygen atoms in total. The summed E-state index contributed by atoms with van der Waals surface area (Å²) >= 11 is 17.6. The number of hydrogen-bond donors (Lipinski definition) is 1. The van der Waals surface area contributed by atoms with Gasteiger partial charge in [-0.1, -0.05) is 34.8 Å². The molecule has 0 radical (unpaired) electrons. The van der Waals surface area contributed by atoms with Crippen molar-refractivity contribution in [1.82, 2.24) is 5.32 Å². The van der Waals surface area contributed by atoms with Gasteiger partial charge in [0, 0.05) is 36.3 Å². The van der Waals surface area contributed by atoms with Crippen LogP contribution in [-0.2, 0) is 11.3 Å². The minimum Gasteiger partial charge on any atom is -0.488 e. The van der Waals surface area contributed by atoms with Gasteiger partial charge in [0.1, 0.15) is 12.4 Å². The summed E-state index contributed by atoms with van der Waals surface area (Å²) in [6.07, 6.45) is 1.69. The van der Waals surface area contributed by atoms with Crippen LogP contribution >= 0.6 is 34.8 Å². The first-order chi connectivity index (χ1) is 9.19. The second-order valence-electron chi connectivity index (χ2n) is 3.72. The first-order valence-corrected chi connectivity index (χ1v) is 6.94. The lowest BCUT2D eigenvalue weighted by molar-refractivity contribution is 0.199. The van der Waals surface area contributed by atoms with Crippen molar-refractivity contribution in [2.45, 2.75) is 6.54 Å². The minimum absolute atomic E-state index is 0.357. The van der Waals surface area contributed by atoms with Gasteiger partial charge in [-0.25, -0.2) is 0 Å². The highest BCUT2D eigenvalue weighted by Gasteiger charge is 2.10. The molecule has 19 heavy (non-hydrogen) atoms. The number of halogens is 3. The highest BCUT2D eigenvalue weighted by molar-refractivity contribution is 6.35. The van der Waals surface area contributed by atoms with Gasteiger partial charge in [-0.3, -0.25) is 0 Å². The Labute approximate surface area is 128 Å². The Morgan fingerprint density at radius 2 is 2.11 bits per heavy atom. The molecule has 1 aromatic carbocycles. The van der Waals surface area contributed by atoms with Crippen LogP contribution in [-0.4, -0.2) is 26.9 Å². The van der Waals surface area contributed by atoms with Gasteiger partial charge in [0.25, 0.3) is 0 Å². The zero-order chi connectivity index (χ0) is 14.1. The van der Waals surface area contributed by atoms with Crippen molar-refractivity contribution in [3.05, 3.63) is 39.4 Å². The third kappa shape index (κ3) is 6.02. The molecule has 0 bridgehead atoms. The maximum absolute atomic E-state index is 6.13. The van der Waals surface area contributed by atoms with Crippen LogP contribution in [0.1, 0.15) is 5.56 Å². The van der Waals surface area contributed by atoms with Gasteiger partial charge < -0.3 is 14.8 Å². The van der Waals surface area contributed by atoms with Gasteiger partial charge in [-0.15, -0.1) is 0 Å². The maximum atomic E-state index is 6.13. The van der Waals surface area contributed by atoms with Crippen LogP contribution in [0.15, 0.2) is 23.7 Å². The van der Waals surface area contributed by atoms with E-state index in [1.165, 1.54) is 5.54 Å². The molecule has 0 saturated carbocycles. The molecule has 0 aliphatic carbocycles. The summed E-state index contributed by atoms with van der Waals surface area (Å²) in [4.78, 5) is 0. The predicted octanol–water partition coefficient (Wildman–Crippen LogP) is 3.86. The van der Waals surface area contributed by atoms with Crippen molar-refractivity contribution in [1.29, 1.82) is 0 Å². The van der Waals surface area contributed by atoms with Crippen LogP contribution in [0.3, 0.4) is 0 Å². The standard InChI is InChI=1S/C13H16Cl3NO2/c1-18-6-4-17-9-10-7-11(15)8-12(16)13(10)19-5-2-3-14/h2-3,7-8,17H,4-6,9H2,1H3. The molecule has 106 valence electrons. The van der Waals surface area contributed by atoms with Gasteiger partial charge in [0.15, 0.2) is 0 Å². The molecule has 0 aliphatic rings. The van der Waals surface area contributed by atoms with E-state index in [1.54, 1.807) is 19.3 Å². The van der Waals surface area contributed by atoms with Crippen LogP contribution < -0.4 is 10.1 Å². The average molecular weight is 325 g/mol. The lowest BCUT2D eigenvalue weighted by Gasteiger charge is -2.13. The Balaban J connectivity index is 2.74. The van der Waals surface area contributed by atoms with Crippen LogP contribution in [0.5, 0.6) is 5.75 Å². The third-order valence-electron chi connectivity index (χ3n) is 2.30. The molecule has 0 fully saturated rings. The van der Waals surface area contributed by atoms with Crippen molar-refractivity contribution >= 4 is 34.8 Å². The molecule has 0 spiro atoms. The number of methoxy groups -OCH3 is 1. The summed E-state index contributed by atoms with van der Waals surface area (Å²) in [5, 5.41) is 4.28. The Morgan fingerprint density at radius 3 is 2.79 bits per heavy atom. The van der Waals surface area contributed by atoms with E-state index in [1.807, 2.05) is 6.07 Å². The Bertz CT molecular complexity index is 425. The molecule has 0 amide bonds. The summed E-state index contributed by atoms with van der Waals surface area (Å²) in [7, 11) is 1.66. The van der Waals surface area contributed by atoms with E-state index in [0.29, 0.717) is 35.6 Å². The van der Waals surface area contributed by atoms with Gasteiger partial charge >= 0.3 is 0 Å². The molecule has 0 aliphatic heterocycles. The Hall–Kier alpha value is -0.450. The predicted molar refractivity (Wildman–Crippen MR) is 80.5 cm³/mol. The van der Waals surface area contributed by atoms with E-state index in [2.05, 4.69) is 5.32 Å². The van der Waals surface area contributed by atoms with Gasteiger partial charge in [-0.2, -0.15) is 0 Å². The van der Waals surface area contributed by atoms with Crippen molar-refractivity contribution in [3.63, 3.8) is 0 Å². The number of hydrogen-bond acceptors (Lipinski definition) is 3. The Kier molecular flexibility index (Phi) is 8.26. The topological polar surface area (TPSA) is 30.5 Å². The molecule has 0 atom stereocenters. The summed E-state index contributed by atoms with van der Waals surface area (Å²) in [6.45, 7) is 2.33. The van der Waals surface area contributed by atoms with E-state index in [4.69, 9.17) is 44.3 Å². The second kappa shape index (κ2) is 9.45. The summed E-state index contributed by atoms with van der Waals surface area (Å²) in [5.41, 5.74) is 2.30. The highest BCUT2D eigenvalue weighted by atomic mass is 35.5. The smallest absolute Gasteiger partial charge is 0.142 e. The lowest BCUT2D eigenvalue weighted by atomic mass is 10.2. The second-order valence-corrected chi connectivity index (χ2v) is 4.81. The highest BCUT2D eigenvalue weighted by Crippen LogP contribution is 2.32. The first kappa shape index (κ1) is 16.6. The fraction of sp³-hybridized carbons (Fsp3) is 0.385. The van der Waals surface area contributed by atoms with E-state index >= 15 is 0 Å². The van der Waals surface area contributed by atoms with Crippen molar-refractivity contribution in [3.8, 4) is 5.75 Å².